The van der Waals surface area contributed by atoms with Crippen LogP contribution in [0.5, 0.6) is 0 Å². The van der Waals surface area contributed by atoms with Crippen molar-refractivity contribution in [3.63, 3.8) is 0 Å². The topological polar surface area (TPSA) is 175 Å². The van der Waals surface area contributed by atoms with Gasteiger partial charge in [0.2, 0.25) is 11.8 Å². The molecule has 0 heterocycles. The molecule has 3 atom stereocenters. The van der Waals surface area contributed by atoms with E-state index in [9.17, 15) is 19.2 Å². The lowest BCUT2D eigenvalue weighted by molar-refractivity contribution is -0.150. The van der Waals surface area contributed by atoms with Crippen LogP contribution < -0.4 is 22.1 Å². The number of hydrogen-bond donors (Lipinski definition) is 4. The molecule has 0 aromatic carbocycles. The molecule has 0 rings (SSSR count). The molecule has 3 unspecified atom stereocenters. The number of guanidine groups is 1. The summed E-state index contributed by atoms with van der Waals surface area (Å²) < 4.78 is 11.2. The van der Waals surface area contributed by atoms with E-state index in [2.05, 4.69) is 43.3 Å². The Bertz CT molecular complexity index is 943. The molecule has 6 N–H and O–H groups in total. The minimum atomic E-state index is -0.722. The maximum Gasteiger partial charge on any atom is 0.308 e. The number of rotatable bonds is 36. The number of nitrogens with two attached hydrogens (primary N) is 2. The van der Waals surface area contributed by atoms with Crippen molar-refractivity contribution in [3.05, 3.63) is 0 Å². The highest BCUT2D eigenvalue weighted by atomic mass is 16.5. The minimum absolute atomic E-state index is 0.0117. The van der Waals surface area contributed by atoms with Crippen LogP contribution in [0.2, 0.25) is 0 Å². The Balaban J connectivity index is 4.35. The summed E-state index contributed by atoms with van der Waals surface area (Å²) in [5.41, 5.74) is 10.9. The molecule has 2 amide bonds. The second-order valence-electron chi connectivity index (χ2n) is 14.4. The Morgan fingerprint density at radius 1 is 0.558 bits per heavy atom. The number of amides is 2. The Morgan fingerprint density at radius 3 is 1.65 bits per heavy atom. The van der Waals surface area contributed by atoms with Crippen LogP contribution in [0.3, 0.4) is 0 Å². The van der Waals surface area contributed by atoms with Gasteiger partial charge in [0, 0.05) is 19.5 Å². The first-order valence-electron chi connectivity index (χ1n) is 21.2. The van der Waals surface area contributed by atoms with Crippen molar-refractivity contribution in [1.29, 1.82) is 0 Å². The fourth-order valence-electron chi connectivity index (χ4n) is 6.29. The second-order valence-corrected chi connectivity index (χ2v) is 14.4. The number of nitrogens with zero attached hydrogens (tertiary/aromatic N) is 1. The van der Waals surface area contributed by atoms with E-state index in [-0.39, 0.29) is 54.5 Å². The smallest absolute Gasteiger partial charge is 0.308 e. The van der Waals surface area contributed by atoms with Crippen LogP contribution in [0, 0.1) is 11.8 Å². The van der Waals surface area contributed by atoms with Gasteiger partial charge in [-0.1, -0.05) is 118 Å². The summed E-state index contributed by atoms with van der Waals surface area (Å²) in [4.78, 5) is 54.8. The van der Waals surface area contributed by atoms with Crippen molar-refractivity contribution >= 4 is 29.7 Å². The summed E-state index contributed by atoms with van der Waals surface area (Å²) >= 11 is 0. The first-order valence-corrected chi connectivity index (χ1v) is 21.2. The molecule has 0 saturated heterocycles. The summed E-state index contributed by atoms with van der Waals surface area (Å²) in [6.45, 7) is 10.2. The molecule has 0 saturated carbocycles. The zero-order chi connectivity index (χ0) is 38.7. The predicted molar refractivity (Wildman–Crippen MR) is 213 cm³/mol. The van der Waals surface area contributed by atoms with E-state index in [0.717, 1.165) is 122 Å². The Hall–Kier alpha value is -2.85. The summed E-state index contributed by atoms with van der Waals surface area (Å²) in [5.74, 6) is -0.578. The second kappa shape index (κ2) is 35.2. The van der Waals surface area contributed by atoms with Gasteiger partial charge in [-0.25, -0.2) is 0 Å². The van der Waals surface area contributed by atoms with Crippen LogP contribution in [-0.4, -0.2) is 62.1 Å². The van der Waals surface area contributed by atoms with Gasteiger partial charge >= 0.3 is 11.9 Å². The Morgan fingerprint density at radius 2 is 1.06 bits per heavy atom. The van der Waals surface area contributed by atoms with Gasteiger partial charge in [0.15, 0.2) is 5.96 Å². The number of ether oxygens (including phenoxy) is 2. The van der Waals surface area contributed by atoms with Crippen LogP contribution in [0.15, 0.2) is 4.99 Å². The molecule has 0 radical (unpaired) electrons. The molecule has 11 heteroatoms. The lowest BCUT2D eigenvalue weighted by Gasteiger charge is -2.18. The highest BCUT2D eigenvalue weighted by Gasteiger charge is 2.21. The molecular weight excluding hydrogens is 658 g/mol. The van der Waals surface area contributed by atoms with E-state index in [1.807, 2.05) is 0 Å². The zero-order valence-corrected chi connectivity index (χ0v) is 33.8. The van der Waals surface area contributed by atoms with Gasteiger partial charge in [-0.15, -0.1) is 0 Å². The van der Waals surface area contributed by atoms with Gasteiger partial charge < -0.3 is 31.6 Å². The van der Waals surface area contributed by atoms with Gasteiger partial charge in [-0.3, -0.25) is 24.2 Å². The van der Waals surface area contributed by atoms with Gasteiger partial charge in [0.25, 0.3) is 0 Å². The van der Waals surface area contributed by atoms with Gasteiger partial charge in [0.1, 0.15) is 6.04 Å². The van der Waals surface area contributed by atoms with Crippen molar-refractivity contribution < 1.29 is 28.7 Å². The fraction of sp³-hybridized carbons (Fsp3) is 0.878. The number of aliphatic imine (C=N–C) groups is 1. The fourth-order valence-corrected chi connectivity index (χ4v) is 6.29. The van der Waals surface area contributed by atoms with Crippen molar-refractivity contribution in [2.75, 3.05) is 26.3 Å². The number of carbonyl (C=O) groups is 4. The van der Waals surface area contributed by atoms with E-state index < -0.39 is 6.04 Å². The normalized spacial score (nSPS) is 12.8. The number of hydrogen-bond acceptors (Lipinski definition) is 7. The molecule has 0 aliphatic rings. The maximum atomic E-state index is 13.0. The molecule has 0 fully saturated rings. The molecule has 0 aromatic rings. The molecule has 0 aliphatic carbocycles. The summed E-state index contributed by atoms with van der Waals surface area (Å²) in [5, 5.41) is 5.81. The quantitative estimate of drug-likeness (QED) is 0.0216. The Labute approximate surface area is 317 Å². The SMILES string of the molecule is CCCCCCC(CCCC)C(=O)OCCCCCC(=O)NC(CCN=C(N)N)C(=O)NCCCCCCCCOC(=O)C(CCC)CCCCC. The molecule has 0 spiro atoms. The zero-order valence-electron chi connectivity index (χ0n) is 33.8. The maximum absolute atomic E-state index is 13.0. The summed E-state index contributed by atoms with van der Waals surface area (Å²) in [6, 6.07) is -0.722. The predicted octanol–water partition coefficient (Wildman–Crippen LogP) is 8.01. The largest absolute Gasteiger partial charge is 0.465 e. The third-order valence-electron chi connectivity index (χ3n) is 9.54. The highest BCUT2D eigenvalue weighted by Crippen LogP contribution is 2.20. The van der Waals surface area contributed by atoms with Crippen LogP contribution in [0.1, 0.15) is 188 Å². The highest BCUT2D eigenvalue weighted by molar-refractivity contribution is 5.87. The van der Waals surface area contributed by atoms with Crippen molar-refractivity contribution in [2.24, 2.45) is 28.3 Å². The van der Waals surface area contributed by atoms with E-state index in [0.29, 0.717) is 39.0 Å². The molecule has 0 aliphatic heterocycles. The lowest BCUT2D eigenvalue weighted by Crippen LogP contribution is -2.47. The van der Waals surface area contributed by atoms with Crippen LogP contribution in [-0.2, 0) is 28.7 Å². The molecule has 52 heavy (non-hydrogen) atoms. The first-order chi connectivity index (χ1) is 25.2. The molecule has 304 valence electrons. The summed E-state index contributed by atoms with van der Waals surface area (Å²) in [7, 11) is 0. The number of carbonyl (C=O) groups excluding carboxylic acids is 4. The molecule has 0 aromatic heterocycles. The van der Waals surface area contributed by atoms with E-state index in [4.69, 9.17) is 20.9 Å². The van der Waals surface area contributed by atoms with E-state index in [1.54, 1.807) is 0 Å². The minimum Gasteiger partial charge on any atom is -0.465 e. The van der Waals surface area contributed by atoms with Crippen molar-refractivity contribution in [3.8, 4) is 0 Å². The molecule has 0 bridgehead atoms. The lowest BCUT2D eigenvalue weighted by atomic mass is 9.95. The van der Waals surface area contributed by atoms with E-state index in [1.165, 1.54) is 12.8 Å². The molecule has 11 nitrogen and oxygen atoms in total. The van der Waals surface area contributed by atoms with Crippen LogP contribution in [0.25, 0.3) is 0 Å². The van der Waals surface area contributed by atoms with Gasteiger partial charge in [-0.05, 0) is 64.2 Å². The van der Waals surface area contributed by atoms with Gasteiger partial charge in [-0.2, -0.15) is 0 Å². The first kappa shape index (κ1) is 49.1. The monoisotopic (exact) mass is 738 g/mol. The Kier molecular flexibility index (Phi) is 33.3. The van der Waals surface area contributed by atoms with Crippen molar-refractivity contribution in [2.45, 2.75) is 194 Å². The molecular formula is C41H79N5O6. The van der Waals surface area contributed by atoms with Crippen molar-refractivity contribution in [1.82, 2.24) is 10.6 Å². The van der Waals surface area contributed by atoms with Gasteiger partial charge in [0.05, 0.1) is 25.0 Å². The summed E-state index contributed by atoms with van der Waals surface area (Å²) in [6.07, 6.45) is 23.2. The third-order valence-corrected chi connectivity index (χ3v) is 9.54. The third kappa shape index (κ3) is 28.7. The number of unbranched alkanes of at least 4 members (excludes halogenated alkanes) is 13. The van der Waals surface area contributed by atoms with E-state index >= 15 is 0 Å². The average molecular weight is 738 g/mol. The number of nitrogens with one attached hydrogen (secondary N) is 2. The standard InChI is InChI=1S/C41H79N5O6/c1-5-9-12-19-27-35(25-11-7-3)40(50)52-33-23-17-20-28-37(47)46-36(29-31-45-41(42)43)38(48)44-30-21-15-13-14-16-22-32-51-39(49)34(24-8-4)26-18-10-6-2/h34-36H,5-33H2,1-4H3,(H,44,48)(H,46,47)(H4,42,43,45). The van der Waals surface area contributed by atoms with Crippen LogP contribution >= 0.6 is 0 Å². The average Bonchev–Trinajstić information content (AvgIpc) is 3.12. The number of esters is 2. The van der Waals surface area contributed by atoms with Crippen LogP contribution in [0.4, 0.5) is 0 Å².